The number of anilines is 2. The van der Waals surface area contributed by atoms with E-state index in [1.807, 2.05) is 0 Å². The van der Waals surface area contributed by atoms with E-state index in [0.29, 0.717) is 27.0 Å². The zero-order valence-electron chi connectivity index (χ0n) is 15.8. The number of benzene rings is 2. The Labute approximate surface area is 173 Å². The highest BCUT2D eigenvalue weighted by molar-refractivity contribution is 6.42. The summed E-state index contributed by atoms with van der Waals surface area (Å²) in [5.41, 5.74) is 1.56. The Kier molecular flexibility index (Phi) is 7.57. The van der Waals surface area contributed by atoms with Crippen LogP contribution >= 0.6 is 23.2 Å². The summed E-state index contributed by atoms with van der Waals surface area (Å²) >= 11 is 11.8. The van der Waals surface area contributed by atoms with Crippen molar-refractivity contribution in [3.63, 3.8) is 0 Å². The van der Waals surface area contributed by atoms with Crippen LogP contribution in [0.3, 0.4) is 0 Å². The summed E-state index contributed by atoms with van der Waals surface area (Å²) in [7, 11) is 1.67. The second kappa shape index (κ2) is 9.68. The lowest BCUT2D eigenvalue weighted by atomic mass is 10.1. The first-order valence-corrected chi connectivity index (χ1v) is 9.30. The molecule has 0 saturated heterocycles. The molecule has 8 heteroatoms. The molecule has 0 saturated carbocycles. The molecule has 0 aliphatic carbocycles. The summed E-state index contributed by atoms with van der Waals surface area (Å²) < 4.78 is 0. The lowest BCUT2D eigenvalue weighted by Gasteiger charge is -2.23. The largest absolute Gasteiger partial charge is 0.325 e. The molecular formula is C20H21Cl2N3O3. The van der Waals surface area contributed by atoms with Crippen LogP contribution < -0.4 is 10.6 Å². The molecular weight excluding hydrogens is 401 g/mol. The third kappa shape index (κ3) is 6.05. The minimum atomic E-state index is -0.569. The first-order valence-electron chi connectivity index (χ1n) is 8.54. The van der Waals surface area contributed by atoms with E-state index in [4.69, 9.17) is 23.2 Å². The number of amides is 2. The highest BCUT2D eigenvalue weighted by Gasteiger charge is 2.20. The Balaban J connectivity index is 1.93. The number of rotatable bonds is 7. The van der Waals surface area contributed by atoms with Gasteiger partial charge in [0.15, 0.2) is 5.78 Å². The second-order valence-corrected chi connectivity index (χ2v) is 7.21. The molecule has 2 N–H and O–H groups in total. The highest BCUT2D eigenvalue weighted by atomic mass is 35.5. The Morgan fingerprint density at radius 1 is 1.00 bits per heavy atom. The van der Waals surface area contributed by atoms with Gasteiger partial charge in [-0.2, -0.15) is 0 Å². The van der Waals surface area contributed by atoms with E-state index in [-0.39, 0.29) is 24.1 Å². The van der Waals surface area contributed by atoms with Crippen molar-refractivity contribution in [2.45, 2.75) is 19.9 Å². The molecule has 0 spiro atoms. The third-order valence-corrected chi connectivity index (χ3v) is 4.91. The average molecular weight is 422 g/mol. The molecule has 2 aromatic carbocycles. The van der Waals surface area contributed by atoms with Crippen LogP contribution in [0, 0.1) is 0 Å². The van der Waals surface area contributed by atoms with Gasteiger partial charge in [0.25, 0.3) is 0 Å². The van der Waals surface area contributed by atoms with Gasteiger partial charge in [-0.3, -0.25) is 19.3 Å². The van der Waals surface area contributed by atoms with Gasteiger partial charge in [0.1, 0.15) is 0 Å². The predicted octanol–water partition coefficient (Wildman–Crippen LogP) is 4.09. The molecule has 1 atom stereocenters. The molecule has 6 nitrogen and oxygen atoms in total. The zero-order chi connectivity index (χ0) is 20.8. The maximum atomic E-state index is 12.5. The van der Waals surface area contributed by atoms with Gasteiger partial charge in [-0.1, -0.05) is 35.3 Å². The molecule has 28 heavy (non-hydrogen) atoms. The van der Waals surface area contributed by atoms with Crippen LogP contribution in [0.5, 0.6) is 0 Å². The van der Waals surface area contributed by atoms with E-state index < -0.39 is 6.04 Å². The molecule has 0 bridgehead atoms. The fourth-order valence-electron chi connectivity index (χ4n) is 2.40. The van der Waals surface area contributed by atoms with E-state index in [9.17, 15) is 14.4 Å². The van der Waals surface area contributed by atoms with Gasteiger partial charge >= 0.3 is 0 Å². The summed E-state index contributed by atoms with van der Waals surface area (Å²) in [4.78, 5) is 37.7. The summed E-state index contributed by atoms with van der Waals surface area (Å²) in [5.74, 6) is -0.662. The number of halogens is 2. The maximum Gasteiger partial charge on any atom is 0.241 e. The van der Waals surface area contributed by atoms with Crippen molar-refractivity contribution in [2.75, 3.05) is 24.2 Å². The van der Waals surface area contributed by atoms with Crippen molar-refractivity contribution >= 4 is 52.2 Å². The Morgan fingerprint density at radius 3 is 2.32 bits per heavy atom. The van der Waals surface area contributed by atoms with Gasteiger partial charge in [0, 0.05) is 16.9 Å². The van der Waals surface area contributed by atoms with E-state index in [1.165, 1.54) is 6.92 Å². The topological polar surface area (TPSA) is 78.5 Å². The molecule has 0 radical (unpaired) electrons. The predicted molar refractivity (Wildman–Crippen MR) is 112 cm³/mol. The molecule has 0 aliphatic rings. The van der Waals surface area contributed by atoms with E-state index >= 15 is 0 Å². The van der Waals surface area contributed by atoms with Gasteiger partial charge in [-0.15, -0.1) is 0 Å². The molecule has 2 amide bonds. The van der Waals surface area contributed by atoms with Gasteiger partial charge in [-0.25, -0.2) is 0 Å². The smallest absolute Gasteiger partial charge is 0.241 e. The van der Waals surface area contributed by atoms with E-state index in [1.54, 1.807) is 61.3 Å². The lowest BCUT2D eigenvalue weighted by molar-refractivity contribution is -0.122. The number of hydrogen-bond donors (Lipinski definition) is 2. The van der Waals surface area contributed by atoms with E-state index in [2.05, 4.69) is 10.6 Å². The maximum absolute atomic E-state index is 12.5. The summed E-state index contributed by atoms with van der Waals surface area (Å²) in [6.07, 6.45) is 0. The quantitative estimate of drug-likeness (QED) is 0.659. The number of ketones is 1. The molecule has 2 rings (SSSR count). The first-order chi connectivity index (χ1) is 13.2. The third-order valence-electron chi connectivity index (χ3n) is 4.17. The van der Waals surface area contributed by atoms with Gasteiger partial charge < -0.3 is 10.6 Å². The van der Waals surface area contributed by atoms with Crippen molar-refractivity contribution in [3.05, 3.63) is 58.1 Å². The lowest BCUT2D eigenvalue weighted by Crippen LogP contribution is -2.43. The van der Waals surface area contributed by atoms with Crippen LogP contribution in [0.1, 0.15) is 24.2 Å². The van der Waals surface area contributed by atoms with Gasteiger partial charge in [0.05, 0.1) is 22.6 Å². The van der Waals surface area contributed by atoms with Crippen molar-refractivity contribution in [2.24, 2.45) is 0 Å². The SMILES string of the molecule is CC(=O)c1cccc(NC(=O)[C@@H](C)N(C)CC(=O)Nc2ccc(Cl)c(Cl)c2)c1. The van der Waals surface area contributed by atoms with Crippen molar-refractivity contribution in [3.8, 4) is 0 Å². The summed E-state index contributed by atoms with van der Waals surface area (Å²) in [6, 6.07) is 10.9. The monoisotopic (exact) mass is 421 g/mol. The van der Waals surface area contributed by atoms with Gasteiger partial charge in [-0.05, 0) is 51.2 Å². The van der Waals surface area contributed by atoms with Crippen LogP contribution in [0.4, 0.5) is 11.4 Å². The molecule has 148 valence electrons. The Bertz CT molecular complexity index is 902. The number of Topliss-reactive ketones (excluding diaryl/α,β-unsaturated/α-hetero) is 1. The number of nitrogens with zero attached hydrogens (tertiary/aromatic N) is 1. The summed E-state index contributed by atoms with van der Waals surface area (Å²) in [5, 5.41) is 6.21. The van der Waals surface area contributed by atoms with E-state index in [0.717, 1.165) is 0 Å². The molecule has 2 aromatic rings. The standard InChI is InChI=1S/C20H21Cl2N3O3/c1-12(20(28)24-15-6-4-5-14(9-15)13(2)26)25(3)11-19(27)23-16-7-8-17(21)18(22)10-16/h4-10,12H,11H2,1-3H3,(H,23,27)(H,24,28)/t12-/m1/s1. The number of likely N-dealkylation sites (N-methyl/N-ethyl adjacent to an activating group) is 1. The number of hydrogen-bond acceptors (Lipinski definition) is 4. The Hall–Kier alpha value is -2.41. The number of carbonyl (C=O) groups excluding carboxylic acids is 3. The number of nitrogens with one attached hydrogen (secondary N) is 2. The highest BCUT2D eigenvalue weighted by Crippen LogP contribution is 2.25. The molecule has 0 heterocycles. The van der Waals surface area contributed by atoms with Crippen molar-refractivity contribution in [1.82, 2.24) is 4.90 Å². The van der Waals surface area contributed by atoms with Crippen LogP contribution in [0.25, 0.3) is 0 Å². The van der Waals surface area contributed by atoms with Crippen LogP contribution in [-0.2, 0) is 9.59 Å². The fourth-order valence-corrected chi connectivity index (χ4v) is 2.70. The van der Waals surface area contributed by atoms with Crippen LogP contribution in [0.15, 0.2) is 42.5 Å². The molecule has 0 fully saturated rings. The van der Waals surface area contributed by atoms with Crippen LogP contribution in [0.2, 0.25) is 10.0 Å². The molecule has 0 unspecified atom stereocenters. The Morgan fingerprint density at radius 2 is 1.68 bits per heavy atom. The average Bonchev–Trinajstić information content (AvgIpc) is 2.64. The van der Waals surface area contributed by atoms with Crippen molar-refractivity contribution < 1.29 is 14.4 Å². The fraction of sp³-hybridized carbons (Fsp3) is 0.250. The minimum absolute atomic E-state index is 0.00230. The first kappa shape index (κ1) is 21.9. The minimum Gasteiger partial charge on any atom is -0.325 e. The normalized spacial score (nSPS) is 11.8. The van der Waals surface area contributed by atoms with Crippen molar-refractivity contribution in [1.29, 1.82) is 0 Å². The van der Waals surface area contributed by atoms with Crippen LogP contribution in [-0.4, -0.2) is 42.1 Å². The van der Waals surface area contributed by atoms with Gasteiger partial charge in [0.2, 0.25) is 11.8 Å². The molecule has 0 aliphatic heterocycles. The number of carbonyl (C=O) groups is 3. The molecule has 0 aromatic heterocycles. The zero-order valence-corrected chi connectivity index (χ0v) is 17.3. The summed E-state index contributed by atoms with van der Waals surface area (Å²) in [6.45, 7) is 3.16. The second-order valence-electron chi connectivity index (χ2n) is 6.39.